The number of carboxylic acids is 1. The molecule has 1 heterocycles. The van der Waals surface area contributed by atoms with Crippen LogP contribution in [0.1, 0.15) is 38.8 Å². The topological polar surface area (TPSA) is 265 Å². The predicted molar refractivity (Wildman–Crippen MR) is 121 cm³/mol. The summed E-state index contributed by atoms with van der Waals surface area (Å²) in [4.78, 5) is 78.6. The molecule has 5 amide bonds. The summed E-state index contributed by atoms with van der Waals surface area (Å²) >= 11 is 0. The van der Waals surface area contributed by atoms with Crippen LogP contribution in [0.3, 0.4) is 0 Å². The Bertz CT molecular complexity index is 921. The number of nitrogens with one attached hydrogen (secondary N) is 4. The van der Waals surface area contributed by atoms with Gasteiger partial charge in [-0.1, -0.05) is 20.3 Å². The van der Waals surface area contributed by atoms with Gasteiger partial charge in [0.15, 0.2) is 0 Å². The standard InChI is InChI=1S/C20H32N8O7/c1-3-9(2)16(28-17(31)11(21)5-14(22)29)19(33)26-12(4-10-7-24-8-25-10)18(32)27-13(20(34)35)6-15(23)30/h7-9,11-13,16H,3-6,21H2,1-2H3,(H2,22,29)(H2,23,30)(H,24,25)(H,26,33)(H,27,32)(H,28,31)(H,34,35). The maximum atomic E-state index is 13.1. The molecule has 194 valence electrons. The van der Waals surface area contributed by atoms with Crippen LogP contribution in [-0.4, -0.2) is 74.7 Å². The van der Waals surface area contributed by atoms with Gasteiger partial charge in [0.1, 0.15) is 18.1 Å². The van der Waals surface area contributed by atoms with Gasteiger partial charge in [0.2, 0.25) is 29.5 Å². The smallest absolute Gasteiger partial charge is 0.326 e. The average molecular weight is 497 g/mol. The van der Waals surface area contributed by atoms with Crippen LogP contribution in [0, 0.1) is 5.92 Å². The van der Waals surface area contributed by atoms with E-state index in [1.165, 1.54) is 12.5 Å². The Morgan fingerprint density at radius 1 is 0.971 bits per heavy atom. The zero-order valence-electron chi connectivity index (χ0n) is 19.4. The van der Waals surface area contributed by atoms with Gasteiger partial charge in [0, 0.05) is 18.3 Å². The molecule has 5 unspecified atom stereocenters. The third kappa shape index (κ3) is 9.79. The van der Waals surface area contributed by atoms with Gasteiger partial charge in [0.25, 0.3) is 0 Å². The van der Waals surface area contributed by atoms with E-state index in [4.69, 9.17) is 17.2 Å². The van der Waals surface area contributed by atoms with Gasteiger partial charge in [-0.15, -0.1) is 0 Å². The Morgan fingerprint density at radius 2 is 1.57 bits per heavy atom. The third-order valence-electron chi connectivity index (χ3n) is 5.18. The van der Waals surface area contributed by atoms with Gasteiger partial charge in [0.05, 0.1) is 25.2 Å². The van der Waals surface area contributed by atoms with Crippen molar-refractivity contribution in [3.63, 3.8) is 0 Å². The summed E-state index contributed by atoms with van der Waals surface area (Å²) in [5.41, 5.74) is 16.2. The number of carbonyl (C=O) groups is 6. The first-order chi connectivity index (χ1) is 16.3. The normalized spacial score (nSPS) is 15.1. The summed E-state index contributed by atoms with van der Waals surface area (Å²) in [5.74, 6) is -6.07. The molecule has 5 atom stereocenters. The molecule has 1 aromatic heterocycles. The van der Waals surface area contributed by atoms with Crippen LogP contribution < -0.4 is 33.2 Å². The number of aromatic amines is 1. The van der Waals surface area contributed by atoms with Crippen molar-refractivity contribution in [2.75, 3.05) is 0 Å². The predicted octanol–water partition coefficient (Wildman–Crippen LogP) is -3.38. The molecule has 0 saturated carbocycles. The molecule has 1 aromatic rings. The number of amides is 5. The quantitative estimate of drug-likeness (QED) is 0.120. The fourth-order valence-electron chi connectivity index (χ4n) is 3.03. The van der Waals surface area contributed by atoms with Crippen LogP contribution >= 0.6 is 0 Å². The third-order valence-corrected chi connectivity index (χ3v) is 5.18. The van der Waals surface area contributed by atoms with Crippen molar-refractivity contribution in [1.82, 2.24) is 25.9 Å². The molecular formula is C20H32N8O7. The fourth-order valence-corrected chi connectivity index (χ4v) is 3.03. The largest absolute Gasteiger partial charge is 0.480 e. The lowest BCUT2D eigenvalue weighted by molar-refractivity contribution is -0.143. The molecule has 35 heavy (non-hydrogen) atoms. The van der Waals surface area contributed by atoms with Gasteiger partial charge in [-0.3, -0.25) is 24.0 Å². The minimum Gasteiger partial charge on any atom is -0.480 e. The highest BCUT2D eigenvalue weighted by molar-refractivity contribution is 5.95. The Hall–Kier alpha value is -4.01. The van der Waals surface area contributed by atoms with Crippen LogP contribution in [0.5, 0.6) is 0 Å². The zero-order valence-corrected chi connectivity index (χ0v) is 19.4. The highest BCUT2D eigenvalue weighted by Gasteiger charge is 2.33. The van der Waals surface area contributed by atoms with Crippen LogP contribution in [0.2, 0.25) is 0 Å². The number of primary amides is 2. The Balaban J connectivity index is 3.10. The number of carbonyl (C=O) groups excluding carboxylic acids is 5. The van der Waals surface area contributed by atoms with Gasteiger partial charge in [-0.05, 0) is 5.92 Å². The van der Waals surface area contributed by atoms with E-state index in [9.17, 15) is 33.9 Å². The number of hydrogen-bond donors (Lipinski definition) is 8. The first-order valence-electron chi connectivity index (χ1n) is 10.8. The molecule has 15 nitrogen and oxygen atoms in total. The molecule has 0 bridgehead atoms. The molecule has 0 aliphatic carbocycles. The number of hydrogen-bond acceptors (Lipinski definition) is 8. The van der Waals surface area contributed by atoms with Crippen molar-refractivity contribution in [2.24, 2.45) is 23.1 Å². The maximum absolute atomic E-state index is 13.1. The van der Waals surface area contributed by atoms with E-state index in [1.807, 2.05) is 0 Å². The first kappa shape index (κ1) is 29.0. The van der Waals surface area contributed by atoms with E-state index >= 15 is 0 Å². The van der Waals surface area contributed by atoms with E-state index in [1.54, 1.807) is 13.8 Å². The SMILES string of the molecule is CCC(C)C(NC(=O)C(N)CC(N)=O)C(=O)NC(Cc1cnc[nH]1)C(=O)NC(CC(N)=O)C(=O)O. The second-order valence-electron chi connectivity index (χ2n) is 8.06. The molecule has 0 spiro atoms. The summed E-state index contributed by atoms with van der Waals surface area (Å²) in [6.45, 7) is 3.46. The summed E-state index contributed by atoms with van der Waals surface area (Å²) in [6, 6.07) is -5.33. The van der Waals surface area contributed by atoms with Crippen LogP contribution in [0.25, 0.3) is 0 Å². The second-order valence-corrected chi connectivity index (χ2v) is 8.06. The van der Waals surface area contributed by atoms with E-state index < -0.39 is 78.4 Å². The molecule has 0 aliphatic rings. The Labute approximate surface area is 200 Å². The van der Waals surface area contributed by atoms with Crippen molar-refractivity contribution < 1.29 is 33.9 Å². The highest BCUT2D eigenvalue weighted by atomic mass is 16.4. The monoisotopic (exact) mass is 496 g/mol. The number of imidazole rings is 1. The number of aliphatic carboxylic acids is 1. The van der Waals surface area contributed by atoms with Gasteiger partial charge in [-0.2, -0.15) is 0 Å². The molecule has 0 aromatic carbocycles. The lowest BCUT2D eigenvalue weighted by Gasteiger charge is -2.27. The van der Waals surface area contributed by atoms with E-state index in [0.29, 0.717) is 12.1 Å². The molecule has 15 heteroatoms. The van der Waals surface area contributed by atoms with Crippen molar-refractivity contribution in [1.29, 1.82) is 0 Å². The number of nitrogens with two attached hydrogens (primary N) is 3. The van der Waals surface area contributed by atoms with E-state index in [0.717, 1.165) is 0 Å². The van der Waals surface area contributed by atoms with Gasteiger partial charge in [-0.25, -0.2) is 9.78 Å². The second kappa shape index (κ2) is 13.6. The summed E-state index contributed by atoms with van der Waals surface area (Å²) in [6.07, 6.45) is 2.02. The molecule has 11 N–H and O–H groups in total. The lowest BCUT2D eigenvalue weighted by atomic mass is 9.97. The molecule has 0 radical (unpaired) electrons. The average Bonchev–Trinajstić information content (AvgIpc) is 3.27. The number of carboxylic acid groups (broad SMARTS) is 1. The lowest BCUT2D eigenvalue weighted by Crippen LogP contribution is -2.59. The first-order valence-corrected chi connectivity index (χ1v) is 10.8. The van der Waals surface area contributed by atoms with Crippen molar-refractivity contribution in [2.45, 2.75) is 63.7 Å². The van der Waals surface area contributed by atoms with Crippen LogP contribution in [0.15, 0.2) is 12.5 Å². The van der Waals surface area contributed by atoms with Crippen LogP contribution in [-0.2, 0) is 35.2 Å². The number of rotatable bonds is 15. The minimum atomic E-state index is -1.61. The Kier molecular flexibility index (Phi) is 11.3. The van der Waals surface area contributed by atoms with Gasteiger partial charge >= 0.3 is 5.97 Å². The molecule has 1 rings (SSSR count). The van der Waals surface area contributed by atoms with Crippen LogP contribution in [0.4, 0.5) is 0 Å². The van der Waals surface area contributed by atoms with Crippen molar-refractivity contribution in [3.8, 4) is 0 Å². The van der Waals surface area contributed by atoms with E-state index in [-0.39, 0.29) is 6.42 Å². The summed E-state index contributed by atoms with van der Waals surface area (Å²) in [7, 11) is 0. The molecule has 0 saturated heterocycles. The molecular weight excluding hydrogens is 464 g/mol. The minimum absolute atomic E-state index is 0.108. The molecule has 0 aliphatic heterocycles. The van der Waals surface area contributed by atoms with E-state index in [2.05, 4.69) is 25.9 Å². The number of nitrogens with zero attached hydrogens (tertiary/aromatic N) is 1. The summed E-state index contributed by atoms with van der Waals surface area (Å²) < 4.78 is 0. The Morgan fingerprint density at radius 3 is 2.06 bits per heavy atom. The number of aromatic nitrogens is 2. The highest BCUT2D eigenvalue weighted by Crippen LogP contribution is 2.10. The number of H-pyrrole nitrogens is 1. The van der Waals surface area contributed by atoms with Gasteiger partial charge < -0.3 is 43.2 Å². The van der Waals surface area contributed by atoms with Crippen molar-refractivity contribution in [3.05, 3.63) is 18.2 Å². The zero-order chi connectivity index (χ0) is 26.7. The summed E-state index contributed by atoms with van der Waals surface area (Å²) in [5, 5.41) is 16.4. The maximum Gasteiger partial charge on any atom is 0.326 e. The van der Waals surface area contributed by atoms with Crippen molar-refractivity contribution >= 4 is 35.5 Å². The fraction of sp³-hybridized carbons (Fsp3) is 0.550. The molecule has 0 fully saturated rings.